The molecule has 6 N–H and O–H groups in total. The third-order valence-corrected chi connectivity index (χ3v) is 6.98. The molecule has 0 aliphatic rings. The average molecular weight is 472 g/mol. The van der Waals surface area contributed by atoms with E-state index in [2.05, 4.69) is 9.97 Å². The van der Waals surface area contributed by atoms with Crippen molar-refractivity contribution >= 4 is 27.6 Å². The Balaban J connectivity index is 2.25. The minimum absolute atomic E-state index is 0.0568. The fourth-order valence-electron chi connectivity index (χ4n) is 3.22. The topological polar surface area (TPSA) is 156 Å². The second kappa shape index (κ2) is 9.95. The Morgan fingerprint density at radius 1 is 1.00 bits per heavy atom. The van der Waals surface area contributed by atoms with Crippen LogP contribution in [-0.2, 0) is 16.5 Å². The molecule has 0 aliphatic heterocycles. The molecule has 0 aliphatic carbocycles. The molecule has 3 rings (SSSR count). The molecule has 1 atom stereocenters. The summed E-state index contributed by atoms with van der Waals surface area (Å²) >= 11 is 0. The van der Waals surface area contributed by atoms with Crippen LogP contribution in [0.4, 0.5) is 17.5 Å². The highest BCUT2D eigenvalue weighted by Gasteiger charge is 2.27. The molecule has 3 aromatic rings. The van der Waals surface area contributed by atoms with Gasteiger partial charge in [0.05, 0.1) is 17.4 Å². The Kier molecular flexibility index (Phi) is 7.27. The zero-order valence-corrected chi connectivity index (χ0v) is 19.7. The molecule has 1 aromatic heterocycles. The average Bonchev–Trinajstić information content (AvgIpc) is 2.77. The van der Waals surface area contributed by atoms with E-state index >= 15 is 0 Å². The van der Waals surface area contributed by atoms with Gasteiger partial charge in [0.15, 0.2) is 5.75 Å². The molecule has 0 fully saturated rings. The molecule has 176 valence electrons. The van der Waals surface area contributed by atoms with Gasteiger partial charge >= 0.3 is 10.1 Å². The predicted molar refractivity (Wildman–Crippen MR) is 130 cm³/mol. The Hall–Kier alpha value is -3.53. The summed E-state index contributed by atoms with van der Waals surface area (Å²) in [4.78, 5) is 8.01. The van der Waals surface area contributed by atoms with Gasteiger partial charge in [0.1, 0.15) is 11.6 Å². The first-order valence-electron chi connectivity index (χ1n) is 10.6. The summed E-state index contributed by atoms with van der Waals surface area (Å²) in [7, 11) is -3.93. The molecule has 0 spiro atoms. The van der Waals surface area contributed by atoms with E-state index in [-0.39, 0.29) is 23.9 Å². The first-order valence-corrected chi connectivity index (χ1v) is 12.1. The monoisotopic (exact) mass is 471 g/mol. The third-order valence-electron chi connectivity index (χ3n) is 5.26. The zero-order valence-electron chi connectivity index (χ0n) is 18.9. The summed E-state index contributed by atoms with van der Waals surface area (Å²) < 4.78 is 37.6. The van der Waals surface area contributed by atoms with E-state index in [9.17, 15) is 8.42 Å². The fraction of sp³-hybridized carbons (Fsp3) is 0.304. The van der Waals surface area contributed by atoms with Gasteiger partial charge in [-0.2, -0.15) is 13.4 Å². The van der Waals surface area contributed by atoms with Gasteiger partial charge in [-0.25, -0.2) is 4.98 Å². The van der Waals surface area contributed by atoms with Crippen molar-refractivity contribution in [2.75, 3.05) is 23.8 Å². The number of benzene rings is 2. The maximum absolute atomic E-state index is 13.0. The van der Waals surface area contributed by atoms with E-state index in [0.717, 1.165) is 0 Å². The number of ether oxygens (including phenoxy) is 1. The van der Waals surface area contributed by atoms with Crippen LogP contribution in [0.1, 0.15) is 38.3 Å². The Bertz CT molecular complexity index is 1230. The number of aromatic nitrogens is 2. The highest BCUT2D eigenvalue weighted by Crippen LogP contribution is 2.43. The van der Waals surface area contributed by atoms with Gasteiger partial charge in [-0.15, -0.1) is 0 Å². The molecule has 0 amide bonds. The van der Waals surface area contributed by atoms with Crippen LogP contribution >= 0.6 is 0 Å². The largest absolute Gasteiger partial charge is 0.493 e. The van der Waals surface area contributed by atoms with E-state index in [4.69, 9.17) is 26.1 Å². The van der Waals surface area contributed by atoms with Crippen LogP contribution < -0.4 is 26.1 Å². The predicted octanol–water partition coefficient (Wildman–Crippen LogP) is 3.39. The lowest BCUT2D eigenvalue weighted by Crippen LogP contribution is -2.23. The van der Waals surface area contributed by atoms with Crippen molar-refractivity contribution < 1.29 is 17.3 Å². The molecule has 0 radical (unpaired) electrons. The normalized spacial score (nSPS) is 12.3. The number of nitrogen functional groups attached to an aromatic ring is 3. The smallest absolute Gasteiger partial charge is 0.311 e. The summed E-state index contributed by atoms with van der Waals surface area (Å²) in [6, 6.07) is 10.6. The molecule has 9 nitrogen and oxygen atoms in total. The molecule has 0 bridgehead atoms. The van der Waals surface area contributed by atoms with Crippen molar-refractivity contribution in [3.63, 3.8) is 0 Å². The third kappa shape index (κ3) is 5.46. The molecule has 2 aromatic carbocycles. The lowest BCUT2D eigenvalue weighted by Gasteiger charge is -2.21. The van der Waals surface area contributed by atoms with Crippen LogP contribution in [-0.4, -0.2) is 30.2 Å². The molecule has 1 heterocycles. The van der Waals surface area contributed by atoms with E-state index in [1.54, 1.807) is 50.2 Å². The van der Waals surface area contributed by atoms with Crippen molar-refractivity contribution in [3.05, 3.63) is 53.7 Å². The number of nitrogens with zero attached hydrogens (tertiary/aromatic N) is 2. The quantitative estimate of drug-likeness (QED) is 0.314. The Morgan fingerprint density at radius 2 is 1.70 bits per heavy atom. The lowest BCUT2D eigenvalue weighted by atomic mass is 9.97. The number of anilines is 3. The van der Waals surface area contributed by atoms with Crippen LogP contribution in [0.15, 0.2) is 42.6 Å². The Morgan fingerprint density at radius 3 is 2.30 bits per heavy atom. The minimum Gasteiger partial charge on any atom is -0.493 e. The maximum Gasteiger partial charge on any atom is 0.311 e. The first kappa shape index (κ1) is 24.1. The summed E-state index contributed by atoms with van der Waals surface area (Å²) in [5, 5.41) is -0.703. The van der Waals surface area contributed by atoms with Crippen LogP contribution in [0.3, 0.4) is 0 Å². The lowest BCUT2D eigenvalue weighted by molar-refractivity contribution is 0.340. The molecule has 33 heavy (non-hydrogen) atoms. The van der Waals surface area contributed by atoms with Crippen molar-refractivity contribution in [2.24, 2.45) is 0 Å². The first-order chi connectivity index (χ1) is 15.7. The van der Waals surface area contributed by atoms with Crippen LogP contribution in [0, 0.1) is 0 Å². The molecule has 1 unspecified atom stereocenters. The van der Waals surface area contributed by atoms with Gasteiger partial charge in [0.25, 0.3) is 0 Å². The zero-order chi connectivity index (χ0) is 24.2. The van der Waals surface area contributed by atoms with Crippen LogP contribution in [0.25, 0.3) is 11.1 Å². The van der Waals surface area contributed by atoms with Crippen molar-refractivity contribution in [1.82, 2.24) is 9.97 Å². The van der Waals surface area contributed by atoms with Gasteiger partial charge in [0.2, 0.25) is 5.95 Å². The number of rotatable bonds is 9. The summed E-state index contributed by atoms with van der Waals surface area (Å²) in [6.45, 7) is 5.63. The van der Waals surface area contributed by atoms with Crippen LogP contribution in [0.5, 0.6) is 11.5 Å². The summed E-state index contributed by atoms with van der Waals surface area (Å²) in [5.74, 6) is 0.923. The van der Waals surface area contributed by atoms with Crippen molar-refractivity contribution in [3.8, 4) is 22.6 Å². The fourth-order valence-corrected chi connectivity index (χ4v) is 4.21. The van der Waals surface area contributed by atoms with Gasteiger partial charge in [0, 0.05) is 29.4 Å². The maximum atomic E-state index is 13.0. The minimum atomic E-state index is -3.93. The number of nitrogens with two attached hydrogens (primary N) is 3. The highest BCUT2D eigenvalue weighted by atomic mass is 32.2. The molecule has 0 saturated heterocycles. The molecular weight excluding hydrogens is 442 g/mol. The highest BCUT2D eigenvalue weighted by molar-refractivity contribution is 7.87. The SMILES string of the molecule is CCOc1ccc(Cc2cnc(N)nc2N)c(OS(=O)(=O)C(C)CC)c1-c1ccc(N)cc1. The van der Waals surface area contributed by atoms with E-state index in [1.165, 1.54) is 6.20 Å². The second-order valence-electron chi connectivity index (χ2n) is 7.59. The van der Waals surface area contributed by atoms with Gasteiger partial charge < -0.3 is 26.1 Å². The standard InChI is InChI=1S/C23H29N5O4S/c1-4-14(3)33(29,30)32-21-16(12-17-13-27-23(26)28-22(17)25)8-11-19(31-5-2)20(21)15-6-9-18(24)10-7-15/h6-11,13-14H,4-5,12,24H2,1-3H3,(H4,25,26,27,28). The second-order valence-corrected chi connectivity index (χ2v) is 9.55. The number of hydrogen-bond acceptors (Lipinski definition) is 9. The van der Waals surface area contributed by atoms with Gasteiger partial charge in [-0.3, -0.25) is 0 Å². The molecular formula is C23H29N5O4S. The molecule has 10 heteroatoms. The van der Waals surface area contributed by atoms with Gasteiger partial charge in [-0.05, 0) is 44.0 Å². The number of hydrogen-bond donors (Lipinski definition) is 3. The van der Waals surface area contributed by atoms with Gasteiger partial charge in [-0.1, -0.05) is 25.1 Å². The van der Waals surface area contributed by atoms with Crippen molar-refractivity contribution in [1.29, 1.82) is 0 Å². The summed E-state index contributed by atoms with van der Waals surface area (Å²) in [6.07, 6.45) is 2.15. The Labute approximate surface area is 194 Å². The van der Waals surface area contributed by atoms with E-state index in [1.807, 2.05) is 6.92 Å². The summed E-state index contributed by atoms with van der Waals surface area (Å²) in [5.41, 5.74) is 20.5. The van der Waals surface area contributed by atoms with E-state index in [0.29, 0.717) is 46.7 Å². The molecule has 0 saturated carbocycles. The van der Waals surface area contributed by atoms with E-state index < -0.39 is 15.4 Å². The van der Waals surface area contributed by atoms with Crippen LogP contribution in [0.2, 0.25) is 0 Å². The van der Waals surface area contributed by atoms with Crippen molar-refractivity contribution in [2.45, 2.75) is 38.9 Å².